The Morgan fingerprint density at radius 3 is 2.68 bits per heavy atom. The summed E-state index contributed by atoms with van der Waals surface area (Å²) in [5.74, 6) is 0.455. The molecule has 0 saturated heterocycles. The molecule has 31 heavy (non-hydrogen) atoms. The Balaban J connectivity index is 2.04. The lowest BCUT2D eigenvalue weighted by atomic mass is 10.0. The summed E-state index contributed by atoms with van der Waals surface area (Å²) in [7, 11) is 3.19. The molecular weight excluding hydrogens is 412 g/mol. The third-order valence-corrected chi connectivity index (χ3v) is 6.35. The highest BCUT2D eigenvalue weighted by Crippen LogP contribution is 2.32. The molecule has 0 unspecified atom stereocenters. The molecule has 0 bridgehead atoms. The summed E-state index contributed by atoms with van der Waals surface area (Å²) in [6.45, 7) is 3.39. The van der Waals surface area contributed by atoms with Crippen LogP contribution in [0.2, 0.25) is 0 Å². The van der Waals surface area contributed by atoms with Crippen molar-refractivity contribution < 1.29 is 14.3 Å². The smallest absolute Gasteiger partial charge is 0.263 e. The van der Waals surface area contributed by atoms with Crippen molar-refractivity contribution in [1.29, 1.82) is 0 Å². The van der Waals surface area contributed by atoms with Crippen molar-refractivity contribution in [3.8, 4) is 16.9 Å². The summed E-state index contributed by atoms with van der Waals surface area (Å²) in [6, 6.07) is 13.0. The normalized spacial score (nSPS) is 11.2. The van der Waals surface area contributed by atoms with Crippen molar-refractivity contribution in [3.05, 3.63) is 70.0 Å². The lowest BCUT2D eigenvalue weighted by Crippen LogP contribution is -2.34. The molecule has 7 heteroatoms. The number of amides is 1. The van der Waals surface area contributed by atoms with Crippen LogP contribution in [0.15, 0.2) is 58.8 Å². The van der Waals surface area contributed by atoms with E-state index in [1.165, 1.54) is 11.3 Å². The van der Waals surface area contributed by atoms with Gasteiger partial charge in [0.25, 0.3) is 11.5 Å². The van der Waals surface area contributed by atoms with Crippen LogP contribution in [0.4, 0.5) is 0 Å². The molecule has 4 aromatic rings. The number of hydrogen-bond donors (Lipinski definition) is 0. The van der Waals surface area contributed by atoms with Crippen LogP contribution >= 0.6 is 11.3 Å². The van der Waals surface area contributed by atoms with Gasteiger partial charge in [0.05, 0.1) is 35.1 Å². The third kappa shape index (κ3) is 3.71. The molecule has 0 aliphatic rings. The molecule has 1 aromatic carbocycles. The number of hydrogen-bond acceptors (Lipinski definition) is 5. The van der Waals surface area contributed by atoms with E-state index in [-0.39, 0.29) is 11.5 Å². The van der Waals surface area contributed by atoms with E-state index in [0.717, 1.165) is 10.1 Å². The molecule has 4 rings (SSSR count). The molecule has 0 atom stereocenters. The Morgan fingerprint density at radius 2 is 1.94 bits per heavy atom. The van der Waals surface area contributed by atoms with Crippen molar-refractivity contribution in [2.45, 2.75) is 6.92 Å². The molecule has 0 fully saturated rings. The first kappa shape index (κ1) is 21.1. The second-order valence-electron chi connectivity index (χ2n) is 7.09. The summed E-state index contributed by atoms with van der Waals surface area (Å²) in [5.41, 5.74) is 2.02. The topological polar surface area (TPSA) is 60.2 Å². The number of carbonyl (C=O) groups excluding carboxylic acids is 1. The van der Waals surface area contributed by atoms with Crippen LogP contribution in [0.3, 0.4) is 0 Å². The molecule has 3 heterocycles. The zero-order valence-corrected chi connectivity index (χ0v) is 18.6. The lowest BCUT2D eigenvalue weighted by Gasteiger charge is -2.22. The number of likely N-dealkylation sites (N-methyl/N-ethyl adjacent to an activating group) is 1. The Labute approximate surface area is 184 Å². The van der Waals surface area contributed by atoms with E-state index >= 15 is 0 Å². The number of pyridine rings is 2. The summed E-state index contributed by atoms with van der Waals surface area (Å²) >= 11 is 1.52. The lowest BCUT2D eigenvalue weighted by molar-refractivity contribution is 0.0708. The highest BCUT2D eigenvalue weighted by Gasteiger charge is 2.23. The molecule has 160 valence electrons. The number of fused-ring (bicyclic) bond motifs is 3. The van der Waals surface area contributed by atoms with Gasteiger partial charge in [-0.05, 0) is 42.0 Å². The molecule has 0 aliphatic heterocycles. The van der Waals surface area contributed by atoms with E-state index in [1.54, 1.807) is 35.8 Å². The Bertz CT molecular complexity index is 1310. The monoisotopic (exact) mass is 436 g/mol. The number of benzene rings is 1. The summed E-state index contributed by atoms with van der Waals surface area (Å²) in [5, 5.41) is 2.98. The molecule has 6 nitrogen and oxygen atoms in total. The van der Waals surface area contributed by atoms with Gasteiger partial charge in [0.15, 0.2) is 0 Å². The van der Waals surface area contributed by atoms with Crippen LogP contribution in [0.25, 0.3) is 26.7 Å². The van der Waals surface area contributed by atoms with Crippen molar-refractivity contribution in [3.63, 3.8) is 0 Å². The average molecular weight is 437 g/mol. The van der Waals surface area contributed by atoms with E-state index < -0.39 is 0 Å². The molecule has 0 radical (unpaired) electrons. The molecular formula is C24H24N2O4S. The average Bonchev–Trinajstić information content (AvgIpc) is 3.29. The van der Waals surface area contributed by atoms with Crippen LogP contribution in [0, 0.1) is 0 Å². The largest absolute Gasteiger partial charge is 0.496 e. The predicted molar refractivity (Wildman–Crippen MR) is 124 cm³/mol. The molecule has 3 aromatic heterocycles. The number of nitrogens with zero attached hydrogens (tertiary/aromatic N) is 2. The van der Waals surface area contributed by atoms with Gasteiger partial charge in [-0.15, -0.1) is 11.3 Å². The first-order valence-electron chi connectivity index (χ1n) is 10.1. The van der Waals surface area contributed by atoms with Crippen LogP contribution in [0.5, 0.6) is 5.75 Å². The quantitative estimate of drug-likeness (QED) is 0.433. The van der Waals surface area contributed by atoms with E-state index in [2.05, 4.69) is 0 Å². The number of carbonyl (C=O) groups is 1. The third-order valence-electron chi connectivity index (χ3n) is 5.41. The highest BCUT2D eigenvalue weighted by atomic mass is 32.1. The number of ether oxygens (including phenoxy) is 2. The van der Waals surface area contributed by atoms with Gasteiger partial charge in [0.1, 0.15) is 5.75 Å². The summed E-state index contributed by atoms with van der Waals surface area (Å²) in [4.78, 5) is 28.9. The first-order valence-corrected chi connectivity index (χ1v) is 11.0. The number of methoxy groups -OCH3 is 2. The molecule has 0 spiro atoms. The minimum absolute atomic E-state index is 0.130. The highest BCUT2D eigenvalue weighted by molar-refractivity contribution is 7.18. The van der Waals surface area contributed by atoms with Gasteiger partial charge in [-0.3, -0.25) is 14.0 Å². The Hall–Kier alpha value is -3.16. The van der Waals surface area contributed by atoms with Crippen molar-refractivity contribution in [1.82, 2.24) is 9.30 Å². The van der Waals surface area contributed by atoms with Crippen molar-refractivity contribution >= 4 is 32.8 Å². The fourth-order valence-electron chi connectivity index (χ4n) is 3.81. The Kier molecular flexibility index (Phi) is 6.06. The SMILES string of the molecule is CCN(CCOC)C(=O)c1cc(-c2ccccc2OC)c(=O)n2ccc3ccsc3c12. The maximum Gasteiger partial charge on any atom is 0.263 e. The molecule has 0 aliphatic carbocycles. The van der Waals surface area contributed by atoms with Crippen molar-refractivity contribution in [2.24, 2.45) is 0 Å². The molecule has 1 amide bonds. The van der Waals surface area contributed by atoms with Crippen LogP contribution < -0.4 is 10.3 Å². The summed E-state index contributed by atoms with van der Waals surface area (Å²) in [6.07, 6.45) is 1.74. The number of para-hydroxylation sites is 1. The van der Waals surface area contributed by atoms with E-state index in [0.29, 0.717) is 47.7 Å². The second kappa shape index (κ2) is 8.91. The Morgan fingerprint density at radius 1 is 1.13 bits per heavy atom. The van der Waals surface area contributed by atoms with Crippen LogP contribution in [0.1, 0.15) is 17.3 Å². The number of aromatic nitrogens is 1. The van der Waals surface area contributed by atoms with E-state index in [4.69, 9.17) is 9.47 Å². The maximum absolute atomic E-state index is 13.6. The zero-order valence-electron chi connectivity index (χ0n) is 17.8. The van der Waals surface area contributed by atoms with Gasteiger partial charge in [0, 0.05) is 32.0 Å². The van der Waals surface area contributed by atoms with E-state index in [1.807, 2.05) is 48.7 Å². The second-order valence-corrected chi connectivity index (χ2v) is 8.01. The first-order chi connectivity index (χ1) is 15.1. The number of thiophene rings is 1. The van der Waals surface area contributed by atoms with Gasteiger partial charge in [-0.25, -0.2) is 0 Å². The van der Waals surface area contributed by atoms with E-state index in [9.17, 15) is 9.59 Å². The minimum atomic E-state index is -0.189. The molecule has 0 saturated carbocycles. The molecule has 0 N–H and O–H groups in total. The standard InChI is InChI=1S/C24H24N2O4S/c1-4-25(12-13-29-2)23(27)19-15-18(17-7-5-6-8-20(17)30-3)24(28)26-11-9-16-10-14-31-22(16)21(19)26/h5-11,14-15H,4,12-13H2,1-3H3. The fourth-order valence-corrected chi connectivity index (χ4v) is 4.75. The minimum Gasteiger partial charge on any atom is -0.496 e. The summed E-state index contributed by atoms with van der Waals surface area (Å²) < 4.78 is 13.2. The van der Waals surface area contributed by atoms with Gasteiger partial charge >= 0.3 is 0 Å². The van der Waals surface area contributed by atoms with Crippen molar-refractivity contribution in [2.75, 3.05) is 33.9 Å². The zero-order chi connectivity index (χ0) is 22.0. The fraction of sp³-hybridized carbons (Fsp3) is 0.250. The van der Waals surface area contributed by atoms with Crippen LogP contribution in [-0.2, 0) is 4.74 Å². The van der Waals surface area contributed by atoms with Gasteiger partial charge in [-0.1, -0.05) is 18.2 Å². The van der Waals surface area contributed by atoms with Crippen LogP contribution in [-0.4, -0.2) is 49.1 Å². The maximum atomic E-state index is 13.6. The van der Waals surface area contributed by atoms with Gasteiger partial charge in [-0.2, -0.15) is 0 Å². The van der Waals surface area contributed by atoms with Gasteiger partial charge in [0.2, 0.25) is 0 Å². The number of rotatable bonds is 7. The predicted octanol–water partition coefficient (Wildman–Crippen LogP) is 4.30. The van der Waals surface area contributed by atoms with Gasteiger partial charge < -0.3 is 14.4 Å².